The molecule has 0 atom stereocenters. The van der Waals surface area contributed by atoms with Gasteiger partial charge in [0.05, 0.1) is 31.4 Å². The average Bonchev–Trinajstić information content (AvgIpc) is 2.94. The molecule has 0 fully saturated rings. The van der Waals surface area contributed by atoms with E-state index in [4.69, 9.17) is 9.47 Å². The number of hydrogen-bond donors (Lipinski definition) is 0. The Balaban J connectivity index is 2.07. The predicted octanol–water partition coefficient (Wildman–Crippen LogP) is 3.31. The number of hydrogen-bond acceptors (Lipinski definition) is 5. The van der Waals surface area contributed by atoms with Crippen LogP contribution in [0.1, 0.15) is 19.0 Å². The zero-order valence-electron chi connectivity index (χ0n) is 11.6. The number of aryl methyl sites for hydroxylation is 1. The molecule has 4 nitrogen and oxygen atoms in total. The first-order chi connectivity index (χ1) is 9.74. The standard InChI is InChI=1S/C15H17NO3S/c1-3-19-14(17)9-8-11-10-20-15(16-11)12-6-4-5-7-13(12)18-2/h4-7,10H,3,8-9H2,1-2H3. The van der Waals surface area contributed by atoms with Crippen molar-refractivity contribution in [3.8, 4) is 16.3 Å². The monoisotopic (exact) mass is 291 g/mol. The zero-order chi connectivity index (χ0) is 14.4. The van der Waals surface area contributed by atoms with E-state index in [-0.39, 0.29) is 5.97 Å². The summed E-state index contributed by atoms with van der Waals surface area (Å²) in [6.07, 6.45) is 0.966. The van der Waals surface area contributed by atoms with E-state index < -0.39 is 0 Å². The third-order valence-corrected chi connectivity index (χ3v) is 3.70. The van der Waals surface area contributed by atoms with Crippen LogP contribution >= 0.6 is 11.3 Å². The van der Waals surface area contributed by atoms with E-state index in [1.807, 2.05) is 29.6 Å². The predicted molar refractivity (Wildman–Crippen MR) is 79.1 cm³/mol. The molecule has 0 aliphatic rings. The van der Waals surface area contributed by atoms with Gasteiger partial charge in [-0.15, -0.1) is 11.3 Å². The van der Waals surface area contributed by atoms with E-state index in [1.165, 1.54) is 0 Å². The molecule has 0 aliphatic carbocycles. The first-order valence-corrected chi connectivity index (χ1v) is 7.36. The smallest absolute Gasteiger partial charge is 0.306 e. The van der Waals surface area contributed by atoms with Crippen molar-refractivity contribution in [3.05, 3.63) is 35.3 Å². The van der Waals surface area contributed by atoms with Crippen LogP contribution in [-0.4, -0.2) is 24.7 Å². The molecule has 20 heavy (non-hydrogen) atoms. The maximum absolute atomic E-state index is 11.3. The van der Waals surface area contributed by atoms with E-state index in [1.54, 1.807) is 25.4 Å². The maximum Gasteiger partial charge on any atom is 0.306 e. The molecule has 1 aromatic carbocycles. The van der Waals surface area contributed by atoms with E-state index in [2.05, 4.69) is 4.98 Å². The maximum atomic E-state index is 11.3. The number of para-hydroxylation sites is 1. The molecule has 0 aliphatic heterocycles. The van der Waals surface area contributed by atoms with Gasteiger partial charge in [0.25, 0.3) is 0 Å². The van der Waals surface area contributed by atoms with Crippen molar-refractivity contribution >= 4 is 17.3 Å². The van der Waals surface area contributed by atoms with E-state index >= 15 is 0 Å². The average molecular weight is 291 g/mol. The van der Waals surface area contributed by atoms with Gasteiger partial charge in [-0.05, 0) is 19.1 Å². The first-order valence-electron chi connectivity index (χ1n) is 6.48. The Labute approximate surface area is 122 Å². The third-order valence-electron chi connectivity index (χ3n) is 2.78. The number of ether oxygens (including phenoxy) is 2. The number of carbonyl (C=O) groups is 1. The molecule has 0 radical (unpaired) electrons. The van der Waals surface area contributed by atoms with Crippen LogP contribution in [0.2, 0.25) is 0 Å². The van der Waals surface area contributed by atoms with Crippen LogP contribution in [0.4, 0.5) is 0 Å². The van der Waals surface area contributed by atoms with Crippen LogP contribution in [0.15, 0.2) is 29.6 Å². The Morgan fingerprint density at radius 2 is 2.15 bits per heavy atom. The number of methoxy groups -OCH3 is 1. The van der Waals surface area contributed by atoms with Crippen molar-refractivity contribution in [2.45, 2.75) is 19.8 Å². The fourth-order valence-electron chi connectivity index (χ4n) is 1.83. The highest BCUT2D eigenvalue weighted by molar-refractivity contribution is 7.13. The number of thiazole rings is 1. The molecule has 0 bridgehead atoms. The second-order valence-corrected chi connectivity index (χ2v) is 5.01. The van der Waals surface area contributed by atoms with Crippen LogP contribution in [0.25, 0.3) is 10.6 Å². The minimum absolute atomic E-state index is 0.181. The number of aromatic nitrogens is 1. The molecule has 1 heterocycles. The van der Waals surface area contributed by atoms with Gasteiger partial charge in [-0.1, -0.05) is 12.1 Å². The molecule has 0 N–H and O–H groups in total. The Hall–Kier alpha value is -1.88. The molecule has 5 heteroatoms. The fraction of sp³-hybridized carbons (Fsp3) is 0.333. The molecule has 2 aromatic rings. The number of rotatable bonds is 6. The van der Waals surface area contributed by atoms with Crippen LogP contribution < -0.4 is 4.74 Å². The van der Waals surface area contributed by atoms with Gasteiger partial charge in [-0.25, -0.2) is 4.98 Å². The van der Waals surface area contributed by atoms with Crippen molar-refractivity contribution in [1.82, 2.24) is 4.98 Å². The molecular weight excluding hydrogens is 274 g/mol. The Kier molecular flexibility index (Phi) is 5.12. The summed E-state index contributed by atoms with van der Waals surface area (Å²) in [5.41, 5.74) is 1.88. The number of esters is 1. The summed E-state index contributed by atoms with van der Waals surface area (Å²) in [5.74, 6) is 0.623. The second kappa shape index (κ2) is 7.05. The largest absolute Gasteiger partial charge is 0.496 e. The van der Waals surface area contributed by atoms with E-state index in [0.29, 0.717) is 19.4 Å². The minimum atomic E-state index is -0.181. The van der Waals surface area contributed by atoms with Gasteiger partial charge in [-0.2, -0.15) is 0 Å². The van der Waals surface area contributed by atoms with Crippen molar-refractivity contribution in [2.75, 3.05) is 13.7 Å². The van der Waals surface area contributed by atoms with Crippen molar-refractivity contribution in [2.24, 2.45) is 0 Å². The van der Waals surface area contributed by atoms with Gasteiger partial charge < -0.3 is 9.47 Å². The summed E-state index contributed by atoms with van der Waals surface area (Å²) >= 11 is 1.55. The molecule has 0 unspecified atom stereocenters. The molecule has 2 rings (SSSR count). The van der Waals surface area contributed by atoms with Gasteiger partial charge in [0.2, 0.25) is 0 Å². The zero-order valence-corrected chi connectivity index (χ0v) is 12.4. The second-order valence-electron chi connectivity index (χ2n) is 4.15. The summed E-state index contributed by atoms with van der Waals surface area (Å²) in [6, 6.07) is 7.77. The van der Waals surface area contributed by atoms with Crippen LogP contribution in [0.5, 0.6) is 5.75 Å². The van der Waals surface area contributed by atoms with Crippen LogP contribution in [0, 0.1) is 0 Å². The normalized spacial score (nSPS) is 10.3. The third kappa shape index (κ3) is 3.57. The Morgan fingerprint density at radius 3 is 2.90 bits per heavy atom. The highest BCUT2D eigenvalue weighted by Gasteiger charge is 2.10. The molecule has 1 aromatic heterocycles. The Bertz CT molecular complexity index is 580. The molecule has 0 amide bonds. The molecule has 0 saturated carbocycles. The van der Waals surface area contributed by atoms with E-state index in [0.717, 1.165) is 22.0 Å². The summed E-state index contributed by atoms with van der Waals surface area (Å²) in [7, 11) is 1.65. The van der Waals surface area contributed by atoms with Crippen molar-refractivity contribution in [1.29, 1.82) is 0 Å². The van der Waals surface area contributed by atoms with Gasteiger partial charge in [0, 0.05) is 11.8 Å². The fourth-order valence-corrected chi connectivity index (χ4v) is 2.71. The van der Waals surface area contributed by atoms with Gasteiger partial charge in [-0.3, -0.25) is 4.79 Å². The number of benzene rings is 1. The van der Waals surface area contributed by atoms with Gasteiger partial charge in [0.15, 0.2) is 0 Å². The summed E-state index contributed by atoms with van der Waals surface area (Å²) < 4.78 is 10.2. The summed E-state index contributed by atoms with van der Waals surface area (Å²) in [4.78, 5) is 15.9. The lowest BCUT2D eigenvalue weighted by Crippen LogP contribution is -2.05. The molecular formula is C15H17NO3S. The van der Waals surface area contributed by atoms with Crippen LogP contribution in [0.3, 0.4) is 0 Å². The number of nitrogens with zero attached hydrogens (tertiary/aromatic N) is 1. The number of carbonyl (C=O) groups excluding carboxylic acids is 1. The first kappa shape index (κ1) is 14.5. The highest BCUT2D eigenvalue weighted by Crippen LogP contribution is 2.32. The summed E-state index contributed by atoms with van der Waals surface area (Å²) in [5, 5.41) is 2.88. The lowest BCUT2D eigenvalue weighted by molar-refractivity contribution is -0.143. The van der Waals surface area contributed by atoms with Gasteiger partial charge in [0.1, 0.15) is 10.8 Å². The van der Waals surface area contributed by atoms with Crippen LogP contribution in [-0.2, 0) is 16.0 Å². The van der Waals surface area contributed by atoms with Crippen molar-refractivity contribution in [3.63, 3.8) is 0 Å². The van der Waals surface area contributed by atoms with Crippen molar-refractivity contribution < 1.29 is 14.3 Å². The molecule has 0 spiro atoms. The minimum Gasteiger partial charge on any atom is -0.496 e. The Morgan fingerprint density at radius 1 is 1.35 bits per heavy atom. The summed E-state index contributed by atoms with van der Waals surface area (Å²) in [6.45, 7) is 2.23. The lowest BCUT2D eigenvalue weighted by atomic mass is 10.2. The SMILES string of the molecule is CCOC(=O)CCc1csc(-c2ccccc2OC)n1. The topological polar surface area (TPSA) is 48.4 Å². The molecule has 0 saturated heterocycles. The van der Waals surface area contributed by atoms with E-state index in [9.17, 15) is 4.79 Å². The lowest BCUT2D eigenvalue weighted by Gasteiger charge is -2.04. The quantitative estimate of drug-likeness (QED) is 0.766. The highest BCUT2D eigenvalue weighted by atomic mass is 32.1. The van der Waals surface area contributed by atoms with Gasteiger partial charge >= 0.3 is 5.97 Å². The molecule has 106 valence electrons.